The van der Waals surface area contributed by atoms with Crippen LogP contribution in [0.25, 0.3) is 0 Å². The second kappa shape index (κ2) is 20.3. The summed E-state index contributed by atoms with van der Waals surface area (Å²) >= 11 is 1.58. The van der Waals surface area contributed by atoms with Gasteiger partial charge in [-0.25, -0.2) is 8.42 Å². The Morgan fingerprint density at radius 2 is 1.09 bits per heavy atom. The second-order valence-electron chi connectivity index (χ2n) is 6.19. The van der Waals surface area contributed by atoms with Crippen molar-refractivity contribution < 1.29 is 13.0 Å². The fourth-order valence-electron chi connectivity index (χ4n) is 2.36. The Morgan fingerprint density at radius 3 is 1.35 bits per heavy atom. The largest absolute Gasteiger partial charge is 0.748 e. The molecular formula is C18H40O3S2. The topological polar surface area (TPSA) is 57.2 Å². The smallest absolute Gasteiger partial charge is 0.105 e. The predicted molar refractivity (Wildman–Crippen MR) is 105 cm³/mol. The van der Waals surface area contributed by atoms with Gasteiger partial charge in [0.2, 0.25) is 0 Å². The molecule has 3 nitrogen and oxygen atoms in total. The van der Waals surface area contributed by atoms with Crippen LogP contribution in [0.5, 0.6) is 0 Å². The molecule has 0 aliphatic heterocycles. The molecule has 0 rings (SSSR count). The summed E-state index contributed by atoms with van der Waals surface area (Å²) in [6.45, 7) is 3.94. The van der Waals surface area contributed by atoms with Crippen molar-refractivity contribution in [3.8, 4) is 0 Å². The molecule has 0 aliphatic carbocycles. The van der Waals surface area contributed by atoms with E-state index in [1.165, 1.54) is 82.8 Å². The Bertz CT molecular complexity index is 289. The zero-order valence-electron chi connectivity index (χ0n) is 15.7. The summed E-state index contributed by atoms with van der Waals surface area (Å²) in [5.74, 6) is 1.17. The average molecular weight is 369 g/mol. The van der Waals surface area contributed by atoms with Gasteiger partial charge in [-0.2, -0.15) is 0 Å². The highest BCUT2D eigenvalue weighted by molar-refractivity contribution is 7.85. The van der Waals surface area contributed by atoms with Crippen LogP contribution >= 0.6 is 0 Å². The van der Waals surface area contributed by atoms with Crippen LogP contribution in [0.15, 0.2) is 0 Å². The summed E-state index contributed by atoms with van der Waals surface area (Å²) in [7, 11) is -3.92. The molecule has 0 amide bonds. The molecule has 23 heavy (non-hydrogen) atoms. The van der Waals surface area contributed by atoms with Gasteiger partial charge in [0.15, 0.2) is 0 Å². The van der Waals surface area contributed by atoms with E-state index in [2.05, 4.69) is 13.2 Å². The molecule has 5 heteroatoms. The van der Waals surface area contributed by atoms with Crippen molar-refractivity contribution in [3.63, 3.8) is 0 Å². The third-order valence-corrected chi connectivity index (χ3v) is 5.36. The lowest BCUT2D eigenvalue weighted by molar-refractivity contribution is 0.462. The minimum absolute atomic E-state index is 0.243. The highest BCUT2D eigenvalue weighted by Crippen LogP contribution is 2.11. The maximum atomic E-state index is 9.68. The molecule has 0 aromatic heterocycles. The van der Waals surface area contributed by atoms with Crippen molar-refractivity contribution in [3.05, 3.63) is 0 Å². The second-order valence-corrected chi connectivity index (χ2v) is 8.79. The first-order valence-electron chi connectivity index (χ1n) is 9.47. The van der Waals surface area contributed by atoms with Gasteiger partial charge in [-0.05, 0) is 31.0 Å². The van der Waals surface area contributed by atoms with E-state index in [-0.39, 0.29) is 5.75 Å². The summed E-state index contributed by atoms with van der Waals surface area (Å²) < 4.78 is 29.0. The molecule has 0 fully saturated rings. The van der Waals surface area contributed by atoms with E-state index < -0.39 is 10.1 Å². The van der Waals surface area contributed by atoms with E-state index in [4.69, 9.17) is 0 Å². The lowest BCUT2D eigenvalue weighted by Crippen LogP contribution is -2.01. The highest BCUT2D eigenvalue weighted by atomic mass is 32.2. The molecule has 0 N–H and O–H groups in total. The van der Waals surface area contributed by atoms with Gasteiger partial charge in [0.25, 0.3) is 0 Å². The van der Waals surface area contributed by atoms with Crippen molar-refractivity contribution in [1.29, 1.82) is 0 Å². The molecule has 0 atom stereocenters. The van der Waals surface area contributed by atoms with Crippen molar-refractivity contribution in [2.75, 3.05) is 17.8 Å². The van der Waals surface area contributed by atoms with Gasteiger partial charge in [0, 0.05) is 5.75 Å². The number of hydrogen-bond acceptors (Lipinski definition) is 3. The van der Waals surface area contributed by atoms with Gasteiger partial charge < -0.3 is 4.55 Å². The fourth-order valence-corrected chi connectivity index (χ4v) is 3.40. The van der Waals surface area contributed by atoms with Crippen LogP contribution in [0.1, 0.15) is 97.3 Å². The Balaban J connectivity index is 0. The quantitative estimate of drug-likeness (QED) is 0.175. The Morgan fingerprint density at radius 1 is 0.696 bits per heavy atom. The van der Waals surface area contributed by atoms with Crippen molar-refractivity contribution in [2.45, 2.75) is 97.3 Å². The van der Waals surface area contributed by atoms with Gasteiger partial charge in [0.1, 0.15) is 5.75 Å². The molecule has 0 saturated heterocycles. The fraction of sp³-hybridized carbons (Fsp3) is 1.00. The Kier molecular flexibility index (Phi) is 22.5. The lowest BCUT2D eigenvalue weighted by atomic mass is 10.1. The standard InChI is InChI=1S/C15H32S.C3H8O3S/c1-3-4-5-6-7-8-9-10-11-12-13-14-15-16-2;1-2-3-7(4,5)6/h3-15H2,1-2H3;2-3H2,1H3,(H,4,5,6). The van der Waals surface area contributed by atoms with Crippen LogP contribution < -0.4 is 0 Å². The van der Waals surface area contributed by atoms with Crippen molar-refractivity contribution >= 4 is 21.9 Å². The summed E-state index contributed by atoms with van der Waals surface area (Å²) in [4.78, 5) is 0. The van der Waals surface area contributed by atoms with Crippen LogP contribution in [0.3, 0.4) is 0 Å². The summed E-state index contributed by atoms with van der Waals surface area (Å²) in [6, 6.07) is 0. The lowest BCUT2D eigenvalue weighted by Gasteiger charge is -2.01. The molecular weight excluding hydrogens is 328 g/mol. The highest BCUT2D eigenvalue weighted by Gasteiger charge is 1.94. The Labute approximate surface area is 150 Å². The molecule has 0 aliphatic rings. The van der Waals surface area contributed by atoms with E-state index in [1.54, 1.807) is 18.7 Å². The van der Waals surface area contributed by atoms with Crippen LogP contribution in [0, 0.1) is 0 Å². The summed E-state index contributed by atoms with van der Waals surface area (Å²) in [6.07, 6.45) is 20.2. The van der Waals surface area contributed by atoms with Crippen molar-refractivity contribution in [2.24, 2.45) is 0 Å². The first-order chi connectivity index (χ1) is 11.0. The van der Waals surface area contributed by atoms with Gasteiger partial charge in [-0.1, -0.05) is 78.1 Å². The summed E-state index contributed by atoms with van der Waals surface area (Å²) in [5, 5.41) is 0. The van der Waals surface area contributed by atoms with Crippen LogP contribution in [0.4, 0.5) is 0 Å². The van der Waals surface area contributed by atoms with Gasteiger partial charge >= 0.3 is 0 Å². The van der Waals surface area contributed by atoms with Gasteiger partial charge in [-0.3, -0.25) is 0 Å². The van der Waals surface area contributed by atoms with Crippen LogP contribution in [-0.4, -0.2) is 30.7 Å². The first-order valence-corrected chi connectivity index (χ1v) is 12.6. The molecule has 0 heterocycles. The van der Waals surface area contributed by atoms with Gasteiger partial charge in [0.05, 0.1) is 16.4 Å². The van der Waals surface area contributed by atoms with Crippen LogP contribution in [0.2, 0.25) is 0 Å². The summed E-state index contributed by atoms with van der Waals surface area (Å²) in [5.41, 5.74) is 0. The third-order valence-electron chi connectivity index (χ3n) is 3.69. The van der Waals surface area contributed by atoms with E-state index in [0.717, 1.165) is 0 Å². The molecule has 0 spiro atoms. The van der Waals surface area contributed by atoms with Gasteiger partial charge in [-0.15, -0.1) is 0 Å². The van der Waals surface area contributed by atoms with E-state index in [0.29, 0.717) is 6.42 Å². The molecule has 0 unspecified atom stereocenters. The molecule has 0 bridgehead atoms. The van der Waals surface area contributed by atoms with E-state index in [1.807, 2.05) is 0 Å². The van der Waals surface area contributed by atoms with Crippen molar-refractivity contribution in [1.82, 2.24) is 0 Å². The monoisotopic (exact) mass is 368 g/mol. The number of hydrogen-bond donors (Lipinski definition) is 0. The number of thiol groups is 1. The normalized spacial score (nSPS) is 11.1. The number of rotatable bonds is 15. The Hall–Kier alpha value is 0.260. The predicted octanol–water partition coefficient (Wildman–Crippen LogP) is 5.07. The molecule has 0 saturated carbocycles. The zero-order chi connectivity index (χ0) is 17.8. The SMILES string of the molecule is CCCCCCCCCCCCCC[SH+]C.CCCS(=O)(=O)[O-]. The molecule has 0 radical (unpaired) electrons. The molecule has 142 valence electrons. The molecule has 0 aromatic carbocycles. The molecule has 0 aromatic rings. The first kappa shape index (κ1) is 25.5. The minimum Gasteiger partial charge on any atom is -0.748 e. The van der Waals surface area contributed by atoms with E-state index >= 15 is 0 Å². The average Bonchev–Trinajstić information content (AvgIpc) is 2.48. The number of unbranched alkanes of at least 4 members (excludes halogenated alkanes) is 11. The minimum atomic E-state index is -3.92. The maximum Gasteiger partial charge on any atom is 0.105 e. The van der Waals surface area contributed by atoms with E-state index in [9.17, 15) is 13.0 Å². The third kappa shape index (κ3) is 30.7. The maximum absolute atomic E-state index is 9.68. The zero-order valence-corrected chi connectivity index (χ0v) is 17.4. The van der Waals surface area contributed by atoms with Crippen LogP contribution in [-0.2, 0) is 21.9 Å².